The summed E-state index contributed by atoms with van der Waals surface area (Å²) in [5, 5.41) is 3.23. The Morgan fingerprint density at radius 3 is 2.47 bits per heavy atom. The van der Waals surface area contributed by atoms with Gasteiger partial charge in [0.15, 0.2) is 0 Å². The van der Waals surface area contributed by atoms with Crippen LogP contribution in [0.1, 0.15) is 19.4 Å². The van der Waals surface area contributed by atoms with Crippen LogP contribution in [-0.4, -0.2) is 25.8 Å². The van der Waals surface area contributed by atoms with Crippen LogP contribution in [0.2, 0.25) is 0 Å². The summed E-state index contributed by atoms with van der Waals surface area (Å²) < 4.78 is 3.37. The first-order chi connectivity index (χ1) is 14.2. The Balaban J connectivity index is 1.99. The van der Waals surface area contributed by atoms with Crippen molar-refractivity contribution in [2.24, 2.45) is 20.0 Å². The van der Waals surface area contributed by atoms with Crippen molar-refractivity contribution in [2.45, 2.75) is 25.2 Å². The highest BCUT2D eigenvalue weighted by molar-refractivity contribution is 9.10. The van der Waals surface area contributed by atoms with Gasteiger partial charge in [0.25, 0.3) is 5.56 Å². The van der Waals surface area contributed by atoms with Gasteiger partial charge in [-0.05, 0) is 42.2 Å². The normalized spacial score (nSPS) is 11.3. The third-order valence-electron chi connectivity index (χ3n) is 4.60. The Kier molecular flexibility index (Phi) is 6.82. The van der Waals surface area contributed by atoms with E-state index in [4.69, 9.17) is 0 Å². The highest BCUT2D eigenvalue weighted by Gasteiger charge is 2.19. The van der Waals surface area contributed by atoms with Crippen LogP contribution in [-0.2, 0) is 25.3 Å². The van der Waals surface area contributed by atoms with Gasteiger partial charge in [-0.3, -0.25) is 18.7 Å². The second-order valence-electron chi connectivity index (χ2n) is 7.46. The van der Waals surface area contributed by atoms with Crippen molar-refractivity contribution in [3.8, 4) is 0 Å². The molecule has 1 amide bonds. The summed E-state index contributed by atoms with van der Waals surface area (Å²) in [6.45, 7) is 4.16. The average molecular weight is 491 g/mol. The van der Waals surface area contributed by atoms with E-state index in [-0.39, 0.29) is 11.7 Å². The zero-order chi connectivity index (χ0) is 22.0. The molecule has 2 heterocycles. The Labute approximate surface area is 186 Å². The summed E-state index contributed by atoms with van der Waals surface area (Å²) in [5.74, 6) is 0.299. The van der Waals surface area contributed by atoms with Crippen molar-refractivity contribution in [3.05, 3.63) is 61.3 Å². The van der Waals surface area contributed by atoms with E-state index < -0.39 is 11.2 Å². The van der Waals surface area contributed by atoms with Gasteiger partial charge < -0.3 is 5.32 Å². The number of carbonyl (C=O) groups excluding carboxylic acids is 1. The van der Waals surface area contributed by atoms with E-state index in [0.29, 0.717) is 34.0 Å². The molecule has 3 aromatic rings. The summed E-state index contributed by atoms with van der Waals surface area (Å²) in [7, 11) is 3.04. The zero-order valence-corrected chi connectivity index (χ0v) is 19.6. The van der Waals surface area contributed by atoms with E-state index in [2.05, 4.69) is 40.1 Å². The number of rotatable bonds is 6. The number of hydrogen-bond acceptors (Lipinski definition) is 5. The van der Waals surface area contributed by atoms with Crippen LogP contribution in [0.4, 0.5) is 5.69 Å². The van der Waals surface area contributed by atoms with E-state index in [1.807, 2.05) is 24.3 Å². The van der Waals surface area contributed by atoms with Gasteiger partial charge in [-0.2, -0.15) is 0 Å². The molecule has 0 aliphatic rings. The number of amides is 1. The maximum atomic E-state index is 12.9. The van der Waals surface area contributed by atoms with Crippen LogP contribution in [0.25, 0.3) is 11.0 Å². The largest absolute Gasteiger partial charge is 0.332 e. The molecule has 0 fully saturated rings. The van der Waals surface area contributed by atoms with Gasteiger partial charge in [-0.25, -0.2) is 9.78 Å². The van der Waals surface area contributed by atoms with Crippen LogP contribution < -0.4 is 16.6 Å². The lowest BCUT2D eigenvalue weighted by molar-refractivity contribution is -0.113. The lowest BCUT2D eigenvalue weighted by Gasteiger charge is -2.15. The molecule has 3 rings (SSSR count). The molecule has 7 nitrogen and oxygen atoms in total. The Morgan fingerprint density at radius 2 is 1.83 bits per heavy atom. The van der Waals surface area contributed by atoms with Crippen molar-refractivity contribution in [1.29, 1.82) is 0 Å². The lowest BCUT2D eigenvalue weighted by Crippen LogP contribution is -2.37. The van der Waals surface area contributed by atoms with E-state index >= 15 is 0 Å². The number of carbonyl (C=O) groups is 1. The molecule has 30 heavy (non-hydrogen) atoms. The first kappa shape index (κ1) is 22.3. The van der Waals surface area contributed by atoms with Gasteiger partial charge in [0, 0.05) is 35.3 Å². The molecule has 0 spiro atoms. The highest BCUT2D eigenvalue weighted by atomic mass is 79.9. The summed E-state index contributed by atoms with van der Waals surface area (Å²) in [6, 6.07) is 7.32. The van der Waals surface area contributed by atoms with Crippen LogP contribution in [0.15, 0.2) is 49.4 Å². The SMILES string of the molecule is CC(C)Cc1cnc2c(c1SCC(=O)Nc1ccc(Br)cc1)c(=O)n(C)c(=O)n2C. The van der Waals surface area contributed by atoms with Gasteiger partial charge >= 0.3 is 5.69 Å². The van der Waals surface area contributed by atoms with Crippen LogP contribution in [0.5, 0.6) is 0 Å². The van der Waals surface area contributed by atoms with Gasteiger partial charge in [0.1, 0.15) is 5.65 Å². The van der Waals surface area contributed by atoms with Crippen molar-refractivity contribution >= 4 is 50.3 Å². The van der Waals surface area contributed by atoms with E-state index in [9.17, 15) is 14.4 Å². The fourth-order valence-corrected chi connectivity index (χ4v) is 4.42. The zero-order valence-electron chi connectivity index (χ0n) is 17.2. The van der Waals surface area contributed by atoms with Crippen LogP contribution in [0, 0.1) is 5.92 Å². The monoisotopic (exact) mass is 490 g/mol. The lowest BCUT2D eigenvalue weighted by atomic mass is 10.0. The number of pyridine rings is 1. The maximum Gasteiger partial charge on any atom is 0.332 e. The Bertz CT molecular complexity index is 1220. The predicted molar refractivity (Wildman–Crippen MR) is 124 cm³/mol. The maximum absolute atomic E-state index is 12.9. The number of nitrogens with one attached hydrogen (secondary N) is 1. The minimum Gasteiger partial charge on any atom is -0.325 e. The van der Waals surface area contributed by atoms with Crippen LogP contribution in [0.3, 0.4) is 0 Å². The fraction of sp³-hybridized carbons (Fsp3) is 0.333. The molecule has 0 atom stereocenters. The molecule has 158 valence electrons. The van der Waals surface area contributed by atoms with Crippen LogP contribution >= 0.6 is 27.7 Å². The highest BCUT2D eigenvalue weighted by Crippen LogP contribution is 2.30. The molecule has 0 saturated heterocycles. The molecular formula is C21H23BrN4O3S. The Hall–Kier alpha value is -2.39. The predicted octanol–water partition coefficient (Wildman–Crippen LogP) is 3.32. The minimum absolute atomic E-state index is 0.131. The van der Waals surface area contributed by atoms with Gasteiger partial charge in [-0.1, -0.05) is 29.8 Å². The summed E-state index contributed by atoms with van der Waals surface area (Å²) in [4.78, 5) is 42.8. The van der Waals surface area contributed by atoms with E-state index in [1.165, 1.54) is 23.4 Å². The fourth-order valence-electron chi connectivity index (χ4n) is 3.16. The molecule has 0 saturated carbocycles. The molecule has 0 radical (unpaired) electrons. The molecule has 1 aromatic carbocycles. The van der Waals surface area contributed by atoms with Crippen molar-refractivity contribution < 1.29 is 4.79 Å². The molecule has 0 aliphatic carbocycles. The topological polar surface area (TPSA) is 86.0 Å². The number of fused-ring (bicyclic) bond motifs is 1. The first-order valence-electron chi connectivity index (χ1n) is 9.44. The first-order valence-corrected chi connectivity index (χ1v) is 11.2. The molecule has 0 bridgehead atoms. The van der Waals surface area contributed by atoms with Crippen molar-refractivity contribution in [1.82, 2.24) is 14.1 Å². The smallest absolute Gasteiger partial charge is 0.325 e. The third-order valence-corrected chi connectivity index (χ3v) is 6.29. The van der Waals surface area contributed by atoms with E-state index in [0.717, 1.165) is 14.6 Å². The Morgan fingerprint density at radius 1 is 1.17 bits per heavy atom. The average Bonchev–Trinajstić information content (AvgIpc) is 2.70. The molecule has 0 unspecified atom stereocenters. The number of aromatic nitrogens is 3. The minimum atomic E-state index is -0.430. The molecule has 9 heteroatoms. The number of nitrogens with zero attached hydrogens (tertiary/aromatic N) is 3. The van der Waals surface area contributed by atoms with Crippen molar-refractivity contribution in [3.63, 3.8) is 0 Å². The van der Waals surface area contributed by atoms with Gasteiger partial charge in [0.05, 0.1) is 11.1 Å². The standard InChI is InChI=1S/C21H23BrN4O3S/c1-12(2)9-13-10-23-19-17(20(28)26(4)21(29)25(19)3)18(13)30-11-16(27)24-15-7-5-14(22)6-8-15/h5-8,10,12H,9,11H2,1-4H3,(H,24,27). The summed E-state index contributed by atoms with van der Waals surface area (Å²) in [5.41, 5.74) is 1.09. The molecule has 2 aromatic heterocycles. The second kappa shape index (κ2) is 9.18. The molecule has 1 N–H and O–H groups in total. The number of benzene rings is 1. The van der Waals surface area contributed by atoms with Gasteiger partial charge in [0.2, 0.25) is 5.91 Å². The summed E-state index contributed by atoms with van der Waals surface area (Å²) >= 11 is 4.66. The number of halogens is 1. The third kappa shape index (κ3) is 4.67. The number of aryl methyl sites for hydroxylation is 1. The number of hydrogen-bond donors (Lipinski definition) is 1. The molecular weight excluding hydrogens is 468 g/mol. The number of thioether (sulfide) groups is 1. The molecule has 0 aliphatic heterocycles. The summed E-state index contributed by atoms with van der Waals surface area (Å²) in [6.07, 6.45) is 2.42. The van der Waals surface area contributed by atoms with Gasteiger partial charge in [-0.15, -0.1) is 11.8 Å². The second-order valence-corrected chi connectivity index (χ2v) is 9.36. The quantitative estimate of drug-likeness (QED) is 0.535. The van der Waals surface area contributed by atoms with Crippen molar-refractivity contribution in [2.75, 3.05) is 11.1 Å². The van der Waals surface area contributed by atoms with E-state index in [1.54, 1.807) is 13.2 Å². The number of anilines is 1.